The average molecular weight is 236 g/mol. The molecule has 88 valence electrons. The van der Waals surface area contributed by atoms with E-state index in [1.807, 2.05) is 18.2 Å². The van der Waals surface area contributed by atoms with Crippen molar-refractivity contribution in [1.29, 1.82) is 5.26 Å². The van der Waals surface area contributed by atoms with Gasteiger partial charge in [0, 0.05) is 31.7 Å². The van der Waals surface area contributed by atoms with Crippen molar-refractivity contribution in [3.8, 4) is 6.07 Å². The van der Waals surface area contributed by atoms with Gasteiger partial charge in [0.1, 0.15) is 11.9 Å². The molecular formula is C14H12N4. The van der Waals surface area contributed by atoms with E-state index in [9.17, 15) is 5.26 Å². The molecule has 3 heterocycles. The molecule has 0 aromatic carbocycles. The third kappa shape index (κ3) is 1.80. The van der Waals surface area contributed by atoms with Crippen molar-refractivity contribution in [3.63, 3.8) is 0 Å². The molecule has 3 rings (SSSR count). The maximum Gasteiger partial charge on any atom is 0.145 e. The molecule has 1 aromatic rings. The zero-order valence-electron chi connectivity index (χ0n) is 9.87. The summed E-state index contributed by atoms with van der Waals surface area (Å²) in [6, 6.07) is 6.13. The molecule has 4 nitrogen and oxygen atoms in total. The van der Waals surface area contributed by atoms with Crippen molar-refractivity contribution in [3.05, 3.63) is 47.9 Å². The van der Waals surface area contributed by atoms with Gasteiger partial charge < -0.3 is 4.90 Å². The van der Waals surface area contributed by atoms with Crippen LogP contribution in [0.1, 0.15) is 12.0 Å². The Morgan fingerprint density at radius 1 is 1.28 bits per heavy atom. The molecule has 0 bridgehead atoms. The van der Waals surface area contributed by atoms with Gasteiger partial charge in [0.05, 0.1) is 5.57 Å². The van der Waals surface area contributed by atoms with Gasteiger partial charge in [0.15, 0.2) is 0 Å². The number of aromatic nitrogens is 1. The molecule has 0 aliphatic carbocycles. The van der Waals surface area contributed by atoms with Gasteiger partial charge in [0.2, 0.25) is 0 Å². The summed E-state index contributed by atoms with van der Waals surface area (Å²) in [4.78, 5) is 10.5. The zero-order valence-corrected chi connectivity index (χ0v) is 9.87. The molecular weight excluding hydrogens is 224 g/mol. The second kappa shape index (κ2) is 4.46. The van der Waals surface area contributed by atoms with E-state index in [4.69, 9.17) is 0 Å². The van der Waals surface area contributed by atoms with E-state index in [0.717, 1.165) is 36.5 Å². The van der Waals surface area contributed by atoms with Gasteiger partial charge in [-0.1, -0.05) is 0 Å². The van der Waals surface area contributed by atoms with E-state index in [0.29, 0.717) is 5.57 Å². The Bertz CT molecular complexity index is 590. The third-order valence-electron chi connectivity index (χ3n) is 3.06. The normalized spacial score (nSPS) is 18.2. The monoisotopic (exact) mass is 236 g/mol. The number of aliphatic imine (C=N–C) groups is 1. The van der Waals surface area contributed by atoms with Crippen molar-refractivity contribution in [2.45, 2.75) is 6.42 Å². The van der Waals surface area contributed by atoms with Gasteiger partial charge in [0.25, 0.3) is 0 Å². The first kappa shape index (κ1) is 10.7. The van der Waals surface area contributed by atoms with Gasteiger partial charge >= 0.3 is 0 Å². The van der Waals surface area contributed by atoms with Crippen LogP contribution in [0.3, 0.4) is 0 Å². The van der Waals surface area contributed by atoms with Crippen LogP contribution in [0.25, 0.3) is 5.57 Å². The molecule has 0 atom stereocenters. The van der Waals surface area contributed by atoms with E-state index >= 15 is 0 Å². The maximum absolute atomic E-state index is 9.23. The van der Waals surface area contributed by atoms with Gasteiger partial charge in [-0.3, -0.25) is 9.98 Å². The molecule has 0 N–H and O–H groups in total. The quantitative estimate of drug-likeness (QED) is 0.749. The van der Waals surface area contributed by atoms with E-state index < -0.39 is 0 Å². The Morgan fingerprint density at radius 2 is 2.11 bits per heavy atom. The molecule has 18 heavy (non-hydrogen) atoms. The Kier molecular flexibility index (Phi) is 2.66. The largest absolute Gasteiger partial charge is 0.332 e. The molecule has 2 aliphatic rings. The second-order valence-electron chi connectivity index (χ2n) is 4.24. The van der Waals surface area contributed by atoms with Crippen molar-refractivity contribution < 1.29 is 0 Å². The topological polar surface area (TPSA) is 52.3 Å². The van der Waals surface area contributed by atoms with E-state index in [2.05, 4.69) is 27.1 Å². The number of rotatable bonds is 1. The first-order chi connectivity index (χ1) is 8.88. The molecule has 2 aliphatic heterocycles. The van der Waals surface area contributed by atoms with Gasteiger partial charge in [-0.15, -0.1) is 0 Å². The Balaban J connectivity index is 2.06. The lowest BCUT2D eigenvalue weighted by atomic mass is 10.0. The lowest BCUT2D eigenvalue weighted by molar-refractivity contribution is 0.509. The lowest BCUT2D eigenvalue weighted by Gasteiger charge is -2.29. The van der Waals surface area contributed by atoms with Crippen LogP contribution in [0.15, 0.2) is 47.4 Å². The highest BCUT2D eigenvalue weighted by Gasteiger charge is 2.22. The summed E-state index contributed by atoms with van der Waals surface area (Å²) in [7, 11) is 0. The molecule has 0 radical (unpaired) electrons. The van der Waals surface area contributed by atoms with Crippen LogP contribution < -0.4 is 0 Å². The van der Waals surface area contributed by atoms with E-state index in [-0.39, 0.29) is 0 Å². The average Bonchev–Trinajstić information content (AvgIpc) is 2.47. The predicted octanol–water partition coefficient (Wildman–Crippen LogP) is 1.99. The number of nitrogens with zero attached hydrogens (tertiary/aromatic N) is 4. The highest BCUT2D eigenvalue weighted by molar-refractivity contribution is 6.07. The van der Waals surface area contributed by atoms with Crippen molar-refractivity contribution in [1.82, 2.24) is 9.88 Å². The molecule has 4 heteroatoms. The fourth-order valence-electron chi connectivity index (χ4n) is 2.20. The van der Waals surface area contributed by atoms with Gasteiger partial charge in [-0.25, -0.2) is 0 Å². The number of hydrogen-bond acceptors (Lipinski definition) is 4. The SMILES string of the molecule is N#CC1=CC(c2ccncc2)=CN2CCCN=C12. The number of nitriles is 1. The summed E-state index contributed by atoms with van der Waals surface area (Å²) >= 11 is 0. The van der Waals surface area contributed by atoms with Crippen LogP contribution in [0.5, 0.6) is 0 Å². The van der Waals surface area contributed by atoms with Crippen LogP contribution in [0.2, 0.25) is 0 Å². The van der Waals surface area contributed by atoms with Crippen LogP contribution in [-0.4, -0.2) is 28.8 Å². The highest BCUT2D eigenvalue weighted by Crippen LogP contribution is 2.25. The number of hydrogen-bond donors (Lipinski definition) is 0. The summed E-state index contributed by atoms with van der Waals surface area (Å²) in [6.07, 6.45) is 8.51. The van der Waals surface area contributed by atoms with E-state index in [1.165, 1.54) is 0 Å². The summed E-state index contributed by atoms with van der Waals surface area (Å²) in [5.41, 5.74) is 2.75. The molecule has 0 saturated heterocycles. The Labute approximate surface area is 106 Å². The van der Waals surface area contributed by atoms with Crippen LogP contribution in [0.4, 0.5) is 0 Å². The molecule has 0 fully saturated rings. The van der Waals surface area contributed by atoms with Gasteiger partial charge in [-0.05, 0) is 35.8 Å². The fraction of sp³-hybridized carbons (Fsp3) is 0.214. The lowest BCUT2D eigenvalue weighted by Crippen LogP contribution is -2.34. The molecule has 0 spiro atoms. The first-order valence-corrected chi connectivity index (χ1v) is 5.94. The number of pyridine rings is 1. The molecule has 0 unspecified atom stereocenters. The minimum absolute atomic E-state index is 0.643. The van der Waals surface area contributed by atoms with Crippen molar-refractivity contribution >= 4 is 11.4 Å². The summed E-state index contributed by atoms with van der Waals surface area (Å²) < 4.78 is 0. The number of allylic oxidation sites excluding steroid dienone is 2. The molecule has 0 amide bonds. The smallest absolute Gasteiger partial charge is 0.145 e. The number of fused-ring (bicyclic) bond motifs is 1. The molecule has 1 aromatic heterocycles. The summed E-state index contributed by atoms with van der Waals surface area (Å²) in [5.74, 6) is 0.807. The maximum atomic E-state index is 9.23. The third-order valence-corrected chi connectivity index (χ3v) is 3.06. The minimum Gasteiger partial charge on any atom is -0.332 e. The Morgan fingerprint density at radius 3 is 2.89 bits per heavy atom. The number of amidine groups is 1. The van der Waals surface area contributed by atoms with Crippen LogP contribution in [0, 0.1) is 11.3 Å². The second-order valence-corrected chi connectivity index (χ2v) is 4.24. The van der Waals surface area contributed by atoms with Gasteiger partial charge in [-0.2, -0.15) is 5.26 Å². The van der Waals surface area contributed by atoms with Crippen molar-refractivity contribution in [2.24, 2.45) is 4.99 Å². The predicted molar refractivity (Wildman–Crippen MR) is 69.5 cm³/mol. The Hall–Kier alpha value is -2.41. The minimum atomic E-state index is 0.643. The fourth-order valence-corrected chi connectivity index (χ4v) is 2.20. The van der Waals surface area contributed by atoms with Crippen LogP contribution >= 0.6 is 0 Å². The molecule has 0 saturated carbocycles. The summed E-state index contributed by atoms with van der Waals surface area (Å²) in [5, 5.41) is 9.23. The van der Waals surface area contributed by atoms with E-state index in [1.54, 1.807) is 12.4 Å². The zero-order chi connectivity index (χ0) is 12.4. The van der Waals surface area contributed by atoms with Crippen LogP contribution in [-0.2, 0) is 0 Å². The standard InChI is InChI=1S/C14H12N4/c15-9-12-8-13(11-2-5-16-6-3-11)10-18-7-1-4-17-14(12)18/h2-3,5-6,8,10H,1,4,7H2. The van der Waals surface area contributed by atoms with Crippen molar-refractivity contribution in [2.75, 3.05) is 13.1 Å². The first-order valence-electron chi connectivity index (χ1n) is 5.94. The highest BCUT2D eigenvalue weighted by atomic mass is 15.2. The summed E-state index contributed by atoms with van der Waals surface area (Å²) in [6.45, 7) is 1.73.